The predicted octanol–water partition coefficient (Wildman–Crippen LogP) is 22.9. The highest BCUT2D eigenvalue weighted by atomic mass is 15.2. The van der Waals surface area contributed by atoms with E-state index in [0.717, 1.165) is 106 Å². The van der Waals surface area contributed by atoms with Crippen molar-refractivity contribution in [3.63, 3.8) is 0 Å². The summed E-state index contributed by atoms with van der Waals surface area (Å²) in [5.74, 6) is 0.653. The SMILES string of the molecule is CC(C)(C)c1cc(-c2nc(-c3cc4c5c(c3)N(c3cc(-c6ccccc6)cc(-c6ccccc6)c3)c3cc6cc7ccccc7cc6cc3B5c3cc5cc6ccccc6cc5cc3N4c3cc(-c4ccccc4)cc(-c4ccccc4)c3)nc3ccccc23)cc(C(C)(C)C)c1. The zero-order valence-electron chi connectivity index (χ0n) is 55.3. The van der Waals surface area contributed by atoms with Crippen LogP contribution in [0.1, 0.15) is 52.7 Å². The molecule has 0 bridgehead atoms. The van der Waals surface area contributed by atoms with E-state index in [1.54, 1.807) is 0 Å². The number of nitrogens with zero attached hydrogens (tertiary/aromatic N) is 4. The molecule has 15 aromatic carbocycles. The van der Waals surface area contributed by atoms with Gasteiger partial charge in [-0.3, -0.25) is 0 Å². The molecule has 0 saturated heterocycles. The monoisotopic (exact) mass is 1240 g/mol. The van der Waals surface area contributed by atoms with Gasteiger partial charge >= 0.3 is 0 Å². The summed E-state index contributed by atoms with van der Waals surface area (Å²) in [5.41, 5.74) is 25.3. The highest BCUT2D eigenvalue weighted by molar-refractivity contribution is 7.00. The minimum absolute atomic E-state index is 0.119. The summed E-state index contributed by atoms with van der Waals surface area (Å²) in [6.07, 6.45) is 0. The molecule has 0 aliphatic carbocycles. The van der Waals surface area contributed by atoms with E-state index in [1.807, 2.05) is 0 Å². The Labute approximate surface area is 567 Å². The highest BCUT2D eigenvalue weighted by Crippen LogP contribution is 2.50. The zero-order valence-corrected chi connectivity index (χ0v) is 55.3. The molecule has 0 unspecified atom stereocenters. The van der Waals surface area contributed by atoms with Crippen LogP contribution in [-0.4, -0.2) is 16.7 Å². The van der Waals surface area contributed by atoms with E-state index in [1.165, 1.54) is 70.6 Å². The zero-order chi connectivity index (χ0) is 65.3. The number of benzene rings is 15. The molecule has 0 spiro atoms. The smallest absolute Gasteiger partial charge is 0.252 e. The number of aromatic nitrogens is 2. The molecular formula is C92H69BN4. The maximum Gasteiger partial charge on any atom is 0.252 e. The normalized spacial score (nSPS) is 12.8. The number of rotatable bonds is 8. The Bertz CT molecular complexity index is 5420. The summed E-state index contributed by atoms with van der Waals surface area (Å²) < 4.78 is 0. The molecule has 5 heteroatoms. The molecular weight excluding hydrogens is 1170 g/mol. The van der Waals surface area contributed by atoms with Gasteiger partial charge in [0, 0.05) is 50.6 Å². The molecule has 2 aliphatic rings. The standard InChI is InChI=1S/C92H69BN4/c1-91(2,3)76-45-74(46-77(57-76)92(4,5)6)89-80-37-23-24-38-83(80)94-90(95-89)75-55-86-88-87(56-75)97(79-49-68(60-29-15-9-16-30-60)44-69(50-79)61-31-17-10-18-32-61)85-54-73-42-65-36-22-20-34-63(65)40-71(73)52-82(85)93(88)81-51-70-39-62-33-19-21-35-64(62)41-72(70)53-84(81)96(86)78-47-66(58-25-11-7-12-26-58)43-67(48-78)59-27-13-8-14-28-59/h7-57H,1-6H3. The molecule has 4 nitrogen and oxygen atoms in total. The van der Waals surface area contributed by atoms with E-state index in [2.05, 4.69) is 361 Å². The second kappa shape index (κ2) is 22.5. The van der Waals surface area contributed by atoms with E-state index in [0.29, 0.717) is 5.82 Å². The first-order valence-corrected chi connectivity index (χ1v) is 33.9. The van der Waals surface area contributed by atoms with Gasteiger partial charge in [0.15, 0.2) is 5.82 Å². The van der Waals surface area contributed by atoms with Crippen molar-refractivity contribution in [2.45, 2.75) is 52.4 Å². The van der Waals surface area contributed by atoms with Crippen LogP contribution in [0.3, 0.4) is 0 Å². The van der Waals surface area contributed by atoms with E-state index >= 15 is 0 Å². The number of para-hydroxylation sites is 1. The third-order valence-corrected chi connectivity index (χ3v) is 20.3. The molecule has 16 aromatic rings. The summed E-state index contributed by atoms with van der Waals surface area (Å²) in [5, 5.41) is 10.6. The Morgan fingerprint density at radius 3 is 1.02 bits per heavy atom. The van der Waals surface area contributed by atoms with Crippen molar-refractivity contribution < 1.29 is 0 Å². The molecule has 1 aromatic heterocycles. The fourth-order valence-electron chi connectivity index (χ4n) is 15.3. The second-order valence-corrected chi connectivity index (χ2v) is 28.7. The molecule has 18 rings (SSSR count). The van der Waals surface area contributed by atoms with Gasteiger partial charge in [-0.1, -0.05) is 248 Å². The maximum atomic E-state index is 5.94. The van der Waals surface area contributed by atoms with Gasteiger partial charge in [0.2, 0.25) is 0 Å². The summed E-state index contributed by atoms with van der Waals surface area (Å²) in [6.45, 7) is 13.7. The number of hydrogen-bond acceptors (Lipinski definition) is 4. The molecule has 3 heterocycles. The quantitative estimate of drug-likeness (QED) is 0.112. The number of hydrogen-bond donors (Lipinski definition) is 0. The average Bonchev–Trinajstić information content (AvgIpc) is 0.689. The van der Waals surface area contributed by atoms with Crippen molar-refractivity contribution in [2.75, 3.05) is 9.80 Å². The lowest BCUT2D eigenvalue weighted by molar-refractivity contribution is 0.569. The molecule has 0 radical (unpaired) electrons. The van der Waals surface area contributed by atoms with Crippen LogP contribution in [0.4, 0.5) is 34.1 Å². The minimum atomic E-state index is -0.232. The number of fused-ring (bicyclic) bond motifs is 9. The molecule has 2 aliphatic heterocycles. The van der Waals surface area contributed by atoms with Crippen LogP contribution >= 0.6 is 0 Å². The summed E-state index contributed by atoms with van der Waals surface area (Å²) >= 11 is 0. The predicted molar refractivity (Wildman–Crippen MR) is 414 cm³/mol. The van der Waals surface area contributed by atoms with Gasteiger partial charge in [-0.25, -0.2) is 9.97 Å². The summed E-state index contributed by atoms with van der Waals surface area (Å²) in [4.78, 5) is 16.9. The van der Waals surface area contributed by atoms with Crippen LogP contribution in [0, 0.1) is 0 Å². The van der Waals surface area contributed by atoms with Crippen LogP contribution < -0.4 is 26.2 Å². The van der Waals surface area contributed by atoms with Crippen LogP contribution in [0.15, 0.2) is 309 Å². The molecule has 97 heavy (non-hydrogen) atoms. The first-order chi connectivity index (χ1) is 47.3. The second-order valence-electron chi connectivity index (χ2n) is 28.7. The van der Waals surface area contributed by atoms with E-state index in [4.69, 9.17) is 9.97 Å². The first kappa shape index (κ1) is 58.0. The van der Waals surface area contributed by atoms with Gasteiger partial charge in [0.1, 0.15) is 0 Å². The molecule has 0 saturated carbocycles. The van der Waals surface area contributed by atoms with Gasteiger partial charge in [-0.15, -0.1) is 0 Å². The molecule has 0 amide bonds. The Hall–Kier alpha value is -11.7. The summed E-state index contributed by atoms with van der Waals surface area (Å²) in [6, 6.07) is 116. The van der Waals surface area contributed by atoms with Crippen LogP contribution in [0.25, 0.3) is 121 Å². The van der Waals surface area contributed by atoms with Gasteiger partial charge in [-0.2, -0.15) is 0 Å². The van der Waals surface area contributed by atoms with Crippen molar-refractivity contribution in [2.24, 2.45) is 0 Å². The van der Waals surface area contributed by atoms with E-state index in [-0.39, 0.29) is 17.5 Å². The van der Waals surface area contributed by atoms with Gasteiger partial charge in [0.25, 0.3) is 6.71 Å². The van der Waals surface area contributed by atoms with Crippen LogP contribution in [-0.2, 0) is 10.8 Å². The van der Waals surface area contributed by atoms with Crippen molar-refractivity contribution in [1.82, 2.24) is 9.97 Å². The average molecular weight is 1240 g/mol. The van der Waals surface area contributed by atoms with E-state index < -0.39 is 0 Å². The Morgan fingerprint density at radius 2 is 0.629 bits per heavy atom. The van der Waals surface area contributed by atoms with Crippen molar-refractivity contribution in [1.29, 1.82) is 0 Å². The summed E-state index contributed by atoms with van der Waals surface area (Å²) in [7, 11) is 0. The van der Waals surface area contributed by atoms with Gasteiger partial charge in [0.05, 0.1) is 11.2 Å². The third-order valence-electron chi connectivity index (χ3n) is 20.3. The molecule has 0 fully saturated rings. The van der Waals surface area contributed by atoms with Crippen LogP contribution in [0.5, 0.6) is 0 Å². The topological polar surface area (TPSA) is 32.3 Å². The fourth-order valence-corrected chi connectivity index (χ4v) is 15.3. The minimum Gasteiger partial charge on any atom is -0.311 e. The Balaban J connectivity index is 1.01. The lowest BCUT2D eigenvalue weighted by Gasteiger charge is -2.45. The first-order valence-electron chi connectivity index (χ1n) is 33.9. The van der Waals surface area contributed by atoms with Crippen molar-refractivity contribution in [3.05, 3.63) is 321 Å². The molecule has 0 atom stereocenters. The maximum absolute atomic E-state index is 5.94. The van der Waals surface area contributed by atoms with Crippen molar-refractivity contribution in [3.8, 4) is 67.2 Å². The van der Waals surface area contributed by atoms with Gasteiger partial charge < -0.3 is 9.80 Å². The van der Waals surface area contributed by atoms with Crippen LogP contribution in [0.2, 0.25) is 0 Å². The lowest BCUT2D eigenvalue weighted by atomic mass is 9.33. The van der Waals surface area contributed by atoms with E-state index in [9.17, 15) is 0 Å². The molecule has 0 N–H and O–H groups in total. The highest BCUT2D eigenvalue weighted by Gasteiger charge is 2.45. The third kappa shape index (κ3) is 10.2. The Kier molecular flexibility index (Phi) is 13.4. The largest absolute Gasteiger partial charge is 0.311 e. The number of anilines is 6. The lowest BCUT2D eigenvalue weighted by Crippen LogP contribution is -2.61. The molecule has 460 valence electrons. The Morgan fingerprint density at radius 1 is 0.268 bits per heavy atom. The van der Waals surface area contributed by atoms with Crippen molar-refractivity contribution >= 4 is 111 Å². The fraction of sp³-hybridized carbons (Fsp3) is 0.0870. The van der Waals surface area contributed by atoms with Gasteiger partial charge in [-0.05, 0) is 229 Å².